The van der Waals surface area contributed by atoms with Gasteiger partial charge in [-0.3, -0.25) is 9.59 Å². The minimum absolute atomic E-state index is 0.207. The Morgan fingerprint density at radius 3 is 2.60 bits per heavy atom. The van der Waals surface area contributed by atoms with Crippen LogP contribution in [0, 0.1) is 13.8 Å². The summed E-state index contributed by atoms with van der Waals surface area (Å²) in [6.45, 7) is 7.69. The highest BCUT2D eigenvalue weighted by Gasteiger charge is 2.32. The molecule has 7 nitrogen and oxygen atoms in total. The Morgan fingerprint density at radius 1 is 1.10 bits per heavy atom. The van der Waals surface area contributed by atoms with Gasteiger partial charge in [0, 0.05) is 13.8 Å². The van der Waals surface area contributed by atoms with E-state index in [-0.39, 0.29) is 17.2 Å². The number of nitrogens with one attached hydrogen (secondary N) is 1. The third kappa shape index (κ3) is 5.54. The van der Waals surface area contributed by atoms with Gasteiger partial charge in [0.15, 0.2) is 5.17 Å². The Labute approximate surface area is 180 Å². The van der Waals surface area contributed by atoms with E-state index in [1.807, 2.05) is 50.2 Å². The third-order valence-electron chi connectivity index (χ3n) is 4.35. The fourth-order valence-electron chi connectivity index (χ4n) is 2.91. The lowest BCUT2D eigenvalue weighted by molar-refractivity contribution is -0.129. The summed E-state index contributed by atoms with van der Waals surface area (Å²) in [4.78, 5) is 23.3. The first-order valence-electron chi connectivity index (χ1n) is 9.59. The van der Waals surface area contributed by atoms with Crippen molar-refractivity contribution >= 4 is 28.7 Å². The molecule has 0 bridgehead atoms. The molecular weight excluding hydrogens is 402 g/mol. The van der Waals surface area contributed by atoms with Crippen LogP contribution in [0.3, 0.4) is 0 Å². The van der Waals surface area contributed by atoms with Crippen LogP contribution in [0.2, 0.25) is 0 Å². The molecule has 2 amide bonds. The van der Waals surface area contributed by atoms with Gasteiger partial charge >= 0.3 is 0 Å². The number of nitrogens with zero attached hydrogens (tertiary/aromatic N) is 2. The maximum absolute atomic E-state index is 12.0. The number of amidine groups is 1. The number of hydrogen-bond acceptors (Lipinski definition) is 6. The molecular formula is C22H25N3O4S. The summed E-state index contributed by atoms with van der Waals surface area (Å²) in [6.07, 6.45) is 0. The number of carbonyl (C=O) groups is 2. The molecule has 0 unspecified atom stereocenters. The van der Waals surface area contributed by atoms with Crippen molar-refractivity contribution in [1.82, 2.24) is 10.3 Å². The maximum Gasteiger partial charge on any atom is 0.241 e. The van der Waals surface area contributed by atoms with Gasteiger partial charge in [-0.15, -0.1) is 5.10 Å². The Hall–Kier alpha value is -3.00. The van der Waals surface area contributed by atoms with Gasteiger partial charge in [-0.2, -0.15) is 0 Å². The summed E-state index contributed by atoms with van der Waals surface area (Å²) in [6, 6.07) is 13.6. The summed E-state index contributed by atoms with van der Waals surface area (Å²) < 4.78 is 11.7. The SMILES string of the molecule is CC(=O)NC1=NN(C(C)=O)[C@H](c2cccc(OCCOc3cc(C)ccc3C)c2)S1. The summed E-state index contributed by atoms with van der Waals surface area (Å²) >= 11 is 1.31. The van der Waals surface area contributed by atoms with Crippen LogP contribution in [0.25, 0.3) is 0 Å². The average Bonchev–Trinajstić information content (AvgIpc) is 3.11. The van der Waals surface area contributed by atoms with E-state index in [9.17, 15) is 9.59 Å². The number of ether oxygens (including phenoxy) is 2. The molecule has 0 radical (unpaired) electrons. The van der Waals surface area contributed by atoms with E-state index < -0.39 is 0 Å². The molecule has 1 aliphatic heterocycles. The fourth-order valence-corrected chi connectivity index (χ4v) is 4.04. The molecule has 158 valence electrons. The van der Waals surface area contributed by atoms with Crippen LogP contribution >= 0.6 is 11.8 Å². The maximum atomic E-state index is 12.0. The topological polar surface area (TPSA) is 80.2 Å². The van der Waals surface area contributed by atoms with Crippen LogP contribution in [-0.2, 0) is 9.59 Å². The molecule has 2 aromatic carbocycles. The molecule has 30 heavy (non-hydrogen) atoms. The molecule has 1 N–H and O–H groups in total. The highest BCUT2D eigenvalue weighted by Crippen LogP contribution is 2.39. The van der Waals surface area contributed by atoms with Crippen molar-refractivity contribution in [2.45, 2.75) is 33.1 Å². The number of thioether (sulfide) groups is 1. The van der Waals surface area contributed by atoms with Gasteiger partial charge in [-0.05, 0) is 48.7 Å². The summed E-state index contributed by atoms with van der Waals surface area (Å²) in [5.74, 6) is 1.09. The van der Waals surface area contributed by atoms with E-state index in [0.717, 1.165) is 22.4 Å². The molecule has 0 aromatic heterocycles. The molecule has 1 heterocycles. The molecule has 0 saturated carbocycles. The quantitative estimate of drug-likeness (QED) is 0.710. The second kappa shape index (κ2) is 9.67. The number of hydrogen-bond donors (Lipinski definition) is 1. The van der Waals surface area contributed by atoms with Gasteiger partial charge in [0.2, 0.25) is 11.8 Å². The Balaban J connectivity index is 1.61. The molecule has 2 aromatic rings. The first kappa shape index (κ1) is 21.7. The van der Waals surface area contributed by atoms with Crippen LogP contribution in [0.4, 0.5) is 0 Å². The van der Waals surface area contributed by atoms with Crippen LogP contribution in [0.15, 0.2) is 47.6 Å². The Kier molecular flexibility index (Phi) is 6.99. The molecule has 0 spiro atoms. The fraction of sp³-hybridized carbons (Fsp3) is 0.318. The lowest BCUT2D eigenvalue weighted by Crippen LogP contribution is -2.25. The number of amides is 2. The van der Waals surface area contributed by atoms with Crippen molar-refractivity contribution < 1.29 is 19.1 Å². The van der Waals surface area contributed by atoms with Crippen molar-refractivity contribution in [3.8, 4) is 11.5 Å². The molecule has 1 atom stereocenters. The molecule has 1 aliphatic rings. The van der Waals surface area contributed by atoms with Gasteiger partial charge in [0.1, 0.15) is 30.1 Å². The first-order valence-corrected chi connectivity index (χ1v) is 10.5. The first-order chi connectivity index (χ1) is 14.3. The number of benzene rings is 2. The zero-order chi connectivity index (χ0) is 21.7. The number of rotatable bonds is 6. The predicted octanol–water partition coefficient (Wildman–Crippen LogP) is 3.76. The second-order valence-corrected chi connectivity index (χ2v) is 8.03. The van der Waals surface area contributed by atoms with E-state index in [1.165, 1.54) is 30.6 Å². The minimum atomic E-state index is -0.362. The summed E-state index contributed by atoms with van der Waals surface area (Å²) in [5.41, 5.74) is 3.08. The summed E-state index contributed by atoms with van der Waals surface area (Å²) in [7, 11) is 0. The zero-order valence-corrected chi connectivity index (χ0v) is 18.3. The van der Waals surface area contributed by atoms with E-state index in [1.54, 1.807) is 0 Å². The largest absolute Gasteiger partial charge is 0.490 e. The second-order valence-electron chi connectivity index (χ2n) is 6.96. The standard InChI is InChI=1S/C22H25N3O4S/c1-14-8-9-15(2)20(12-14)29-11-10-28-19-7-5-6-18(13-19)21-25(17(4)27)24-22(30-21)23-16(3)26/h5-9,12-13,21H,10-11H2,1-4H3,(H,23,24,26)/t21-/m0/s1. The molecule has 0 saturated heterocycles. The predicted molar refractivity (Wildman–Crippen MR) is 117 cm³/mol. The smallest absolute Gasteiger partial charge is 0.241 e. The normalized spacial score (nSPS) is 15.5. The molecule has 8 heteroatoms. The lowest BCUT2D eigenvalue weighted by atomic mass is 10.1. The number of aryl methyl sites for hydroxylation is 2. The number of carbonyl (C=O) groups excluding carboxylic acids is 2. The van der Waals surface area contributed by atoms with Crippen LogP contribution in [-0.4, -0.2) is 35.2 Å². The van der Waals surface area contributed by atoms with E-state index in [2.05, 4.69) is 16.5 Å². The van der Waals surface area contributed by atoms with Gasteiger partial charge < -0.3 is 14.8 Å². The molecule has 3 rings (SSSR count). The van der Waals surface area contributed by atoms with E-state index >= 15 is 0 Å². The minimum Gasteiger partial charge on any atom is -0.490 e. The lowest BCUT2D eigenvalue weighted by Gasteiger charge is -2.20. The highest BCUT2D eigenvalue weighted by molar-refractivity contribution is 8.14. The van der Waals surface area contributed by atoms with Crippen molar-refractivity contribution in [2.75, 3.05) is 13.2 Å². The van der Waals surface area contributed by atoms with Gasteiger partial charge in [-0.1, -0.05) is 36.0 Å². The molecule has 0 aliphatic carbocycles. The molecule has 0 fully saturated rings. The average molecular weight is 428 g/mol. The van der Waals surface area contributed by atoms with Crippen molar-refractivity contribution in [2.24, 2.45) is 5.10 Å². The monoisotopic (exact) mass is 427 g/mol. The Bertz CT molecular complexity index is 977. The van der Waals surface area contributed by atoms with Crippen LogP contribution in [0.5, 0.6) is 11.5 Å². The third-order valence-corrected chi connectivity index (χ3v) is 5.45. The highest BCUT2D eigenvalue weighted by atomic mass is 32.2. The van der Waals surface area contributed by atoms with Crippen LogP contribution in [0.1, 0.15) is 35.9 Å². The van der Waals surface area contributed by atoms with Crippen molar-refractivity contribution in [1.29, 1.82) is 0 Å². The number of hydrazone groups is 1. The van der Waals surface area contributed by atoms with Gasteiger partial charge in [-0.25, -0.2) is 5.01 Å². The zero-order valence-electron chi connectivity index (χ0n) is 17.5. The van der Waals surface area contributed by atoms with E-state index in [4.69, 9.17) is 9.47 Å². The van der Waals surface area contributed by atoms with Crippen LogP contribution < -0.4 is 14.8 Å². The van der Waals surface area contributed by atoms with Crippen molar-refractivity contribution in [3.63, 3.8) is 0 Å². The Morgan fingerprint density at radius 2 is 1.87 bits per heavy atom. The summed E-state index contributed by atoms with van der Waals surface area (Å²) in [5, 5.41) is 8.25. The van der Waals surface area contributed by atoms with Gasteiger partial charge in [0.05, 0.1) is 0 Å². The van der Waals surface area contributed by atoms with Crippen molar-refractivity contribution in [3.05, 3.63) is 59.2 Å². The van der Waals surface area contributed by atoms with Gasteiger partial charge in [0.25, 0.3) is 0 Å². The van der Waals surface area contributed by atoms with E-state index in [0.29, 0.717) is 24.1 Å².